The van der Waals surface area contributed by atoms with E-state index in [-0.39, 0.29) is 0 Å². The van der Waals surface area contributed by atoms with Crippen molar-refractivity contribution in [3.63, 3.8) is 0 Å². The van der Waals surface area contributed by atoms with Crippen LogP contribution in [0.25, 0.3) is 5.82 Å². The molecule has 16 heavy (non-hydrogen) atoms. The van der Waals surface area contributed by atoms with E-state index in [1.165, 1.54) is 6.33 Å². The second kappa shape index (κ2) is 3.74. The Balaban J connectivity index is 2.35. The lowest BCUT2D eigenvalue weighted by molar-refractivity contribution is 0.680. The Kier molecular flexibility index (Phi) is 2.41. The lowest BCUT2D eigenvalue weighted by Crippen LogP contribution is -2.14. The fourth-order valence-corrected chi connectivity index (χ4v) is 1.28. The van der Waals surface area contributed by atoms with Gasteiger partial charge in [0, 0.05) is 6.20 Å². The van der Waals surface area contributed by atoms with Gasteiger partial charge < -0.3 is 0 Å². The third-order valence-electron chi connectivity index (χ3n) is 2.40. The Morgan fingerprint density at radius 3 is 2.69 bits per heavy atom. The summed E-state index contributed by atoms with van der Waals surface area (Å²) in [6, 6.07) is 5.94. The highest BCUT2D eigenvalue weighted by atomic mass is 15.3. The summed E-state index contributed by atoms with van der Waals surface area (Å²) in [5.41, 5.74) is 0.368. The molecule has 0 fully saturated rings. The average Bonchev–Trinajstić information content (AvgIpc) is 2.83. The van der Waals surface area contributed by atoms with E-state index in [2.05, 4.69) is 21.1 Å². The van der Waals surface area contributed by atoms with E-state index >= 15 is 0 Å². The first-order chi connectivity index (χ1) is 7.63. The first-order valence-electron chi connectivity index (χ1n) is 4.86. The zero-order valence-corrected chi connectivity index (χ0v) is 9.12. The van der Waals surface area contributed by atoms with E-state index in [0.717, 1.165) is 5.56 Å². The molecule has 0 saturated carbocycles. The molecule has 2 rings (SSSR count). The predicted molar refractivity (Wildman–Crippen MR) is 57.8 cm³/mol. The molecule has 80 valence electrons. The van der Waals surface area contributed by atoms with Crippen LogP contribution in [0.1, 0.15) is 19.4 Å². The van der Waals surface area contributed by atoms with Crippen molar-refractivity contribution in [2.75, 3.05) is 0 Å². The molecular formula is C11H11N5. The quantitative estimate of drug-likeness (QED) is 0.757. The van der Waals surface area contributed by atoms with E-state index in [1.807, 2.05) is 26.0 Å². The summed E-state index contributed by atoms with van der Waals surface area (Å²) in [4.78, 5) is 8.09. The van der Waals surface area contributed by atoms with E-state index in [9.17, 15) is 0 Å². The lowest BCUT2D eigenvalue weighted by Gasteiger charge is -2.15. The molecule has 0 spiro atoms. The molecular weight excluding hydrogens is 202 g/mol. The molecule has 0 aliphatic carbocycles. The van der Waals surface area contributed by atoms with Gasteiger partial charge in [-0.15, -0.1) is 0 Å². The minimum atomic E-state index is -0.520. The highest BCUT2D eigenvalue weighted by Crippen LogP contribution is 2.21. The monoisotopic (exact) mass is 213 g/mol. The van der Waals surface area contributed by atoms with Crippen LogP contribution in [0.15, 0.2) is 31.0 Å². The van der Waals surface area contributed by atoms with Crippen molar-refractivity contribution in [1.29, 1.82) is 5.26 Å². The third-order valence-corrected chi connectivity index (χ3v) is 2.40. The first kappa shape index (κ1) is 10.3. The molecule has 0 aliphatic rings. The Hall–Kier alpha value is -2.22. The van der Waals surface area contributed by atoms with Crippen LogP contribution < -0.4 is 0 Å². The van der Waals surface area contributed by atoms with Gasteiger partial charge in [0.05, 0.1) is 11.5 Å². The Morgan fingerprint density at radius 1 is 1.38 bits per heavy atom. The number of nitrogens with zero attached hydrogens (tertiary/aromatic N) is 5. The van der Waals surface area contributed by atoms with Crippen molar-refractivity contribution >= 4 is 0 Å². The Labute approximate surface area is 93.4 Å². The molecule has 0 radical (unpaired) electrons. The summed E-state index contributed by atoms with van der Waals surface area (Å²) < 4.78 is 1.57. The van der Waals surface area contributed by atoms with Crippen LogP contribution in [-0.4, -0.2) is 19.7 Å². The first-order valence-corrected chi connectivity index (χ1v) is 4.86. The molecule has 0 aliphatic heterocycles. The minimum Gasteiger partial charge on any atom is -0.237 e. The van der Waals surface area contributed by atoms with Gasteiger partial charge in [-0.05, 0) is 25.5 Å². The second-order valence-electron chi connectivity index (χ2n) is 3.98. The molecule has 5 heteroatoms. The molecule has 5 nitrogen and oxygen atoms in total. The fraction of sp³-hybridized carbons (Fsp3) is 0.273. The summed E-state index contributed by atoms with van der Waals surface area (Å²) in [6.45, 7) is 3.72. The van der Waals surface area contributed by atoms with Crippen molar-refractivity contribution in [3.05, 3.63) is 36.5 Å². The minimum absolute atomic E-state index is 0.520. The molecule has 0 N–H and O–H groups in total. The van der Waals surface area contributed by atoms with Gasteiger partial charge in [-0.25, -0.2) is 14.6 Å². The molecule has 0 amide bonds. The van der Waals surface area contributed by atoms with Crippen LogP contribution in [0.5, 0.6) is 0 Å². The summed E-state index contributed by atoms with van der Waals surface area (Å²) in [5.74, 6) is 0.690. The summed E-state index contributed by atoms with van der Waals surface area (Å²) in [7, 11) is 0. The summed E-state index contributed by atoms with van der Waals surface area (Å²) in [5, 5.41) is 13.0. The Bertz CT molecular complexity index is 504. The van der Waals surface area contributed by atoms with Crippen LogP contribution in [0.4, 0.5) is 0 Å². The van der Waals surface area contributed by atoms with Gasteiger partial charge in [-0.1, -0.05) is 6.07 Å². The van der Waals surface area contributed by atoms with E-state index in [0.29, 0.717) is 5.82 Å². The number of hydrogen-bond acceptors (Lipinski definition) is 4. The standard InChI is InChI=1S/C11H11N5/c1-11(2,6-12)9-3-4-10(14-5-9)16-8-13-7-15-16/h3-5,7-8H,1-2H3. The Morgan fingerprint density at radius 2 is 2.19 bits per heavy atom. The van der Waals surface area contributed by atoms with Crippen LogP contribution in [0, 0.1) is 11.3 Å². The van der Waals surface area contributed by atoms with Gasteiger partial charge in [-0.2, -0.15) is 10.4 Å². The molecule has 0 aromatic carbocycles. The third kappa shape index (κ3) is 1.77. The van der Waals surface area contributed by atoms with Gasteiger partial charge in [-0.3, -0.25) is 0 Å². The van der Waals surface area contributed by atoms with Crippen molar-refractivity contribution < 1.29 is 0 Å². The van der Waals surface area contributed by atoms with Gasteiger partial charge in [0.25, 0.3) is 0 Å². The lowest BCUT2D eigenvalue weighted by atomic mass is 9.88. The smallest absolute Gasteiger partial charge is 0.155 e. The van der Waals surface area contributed by atoms with Gasteiger partial charge in [0.1, 0.15) is 12.7 Å². The van der Waals surface area contributed by atoms with Gasteiger partial charge in [0.2, 0.25) is 0 Å². The van der Waals surface area contributed by atoms with Crippen LogP contribution in [0.3, 0.4) is 0 Å². The van der Waals surface area contributed by atoms with E-state index in [4.69, 9.17) is 5.26 Å². The van der Waals surface area contributed by atoms with E-state index in [1.54, 1.807) is 17.2 Å². The molecule has 2 aromatic heterocycles. The van der Waals surface area contributed by atoms with Crippen LogP contribution in [-0.2, 0) is 5.41 Å². The average molecular weight is 213 g/mol. The van der Waals surface area contributed by atoms with Gasteiger partial charge >= 0.3 is 0 Å². The molecule has 0 unspecified atom stereocenters. The van der Waals surface area contributed by atoms with Gasteiger partial charge in [0.15, 0.2) is 5.82 Å². The SMILES string of the molecule is CC(C)(C#N)c1ccc(-n2cncn2)nc1. The highest BCUT2D eigenvalue weighted by Gasteiger charge is 2.19. The van der Waals surface area contributed by atoms with Crippen LogP contribution >= 0.6 is 0 Å². The highest BCUT2D eigenvalue weighted by molar-refractivity contribution is 5.32. The molecule has 0 atom stereocenters. The fourth-order valence-electron chi connectivity index (χ4n) is 1.28. The summed E-state index contributed by atoms with van der Waals surface area (Å²) >= 11 is 0. The maximum atomic E-state index is 9.00. The number of aromatic nitrogens is 4. The normalized spacial score (nSPS) is 11.1. The van der Waals surface area contributed by atoms with Crippen molar-refractivity contribution in [3.8, 4) is 11.9 Å². The predicted octanol–water partition coefficient (Wildman–Crippen LogP) is 1.46. The molecule has 2 aromatic rings. The maximum absolute atomic E-state index is 9.00. The molecule has 2 heterocycles. The summed E-state index contributed by atoms with van der Waals surface area (Å²) in [6.07, 6.45) is 4.73. The zero-order chi connectivity index (χ0) is 11.6. The number of rotatable bonds is 2. The number of hydrogen-bond donors (Lipinski definition) is 0. The molecule has 0 bridgehead atoms. The topological polar surface area (TPSA) is 67.4 Å². The molecule has 0 saturated heterocycles. The largest absolute Gasteiger partial charge is 0.237 e. The number of nitriles is 1. The zero-order valence-electron chi connectivity index (χ0n) is 9.12. The van der Waals surface area contributed by atoms with Crippen molar-refractivity contribution in [1.82, 2.24) is 19.7 Å². The van der Waals surface area contributed by atoms with Crippen molar-refractivity contribution in [2.45, 2.75) is 19.3 Å². The van der Waals surface area contributed by atoms with E-state index < -0.39 is 5.41 Å². The van der Waals surface area contributed by atoms with Crippen molar-refractivity contribution in [2.24, 2.45) is 0 Å². The van der Waals surface area contributed by atoms with Crippen LogP contribution in [0.2, 0.25) is 0 Å². The second-order valence-corrected chi connectivity index (χ2v) is 3.98. The maximum Gasteiger partial charge on any atom is 0.155 e. The number of pyridine rings is 1.